The van der Waals surface area contributed by atoms with E-state index < -0.39 is 24.2 Å². The molecule has 3 rings (SSSR count). The summed E-state index contributed by atoms with van der Waals surface area (Å²) in [5.74, 6) is 0.219. The molecule has 2 aromatic rings. The highest BCUT2D eigenvalue weighted by Gasteiger charge is 2.34. The van der Waals surface area contributed by atoms with E-state index in [1.165, 1.54) is 6.92 Å². The zero-order valence-electron chi connectivity index (χ0n) is 13.8. The van der Waals surface area contributed by atoms with E-state index in [2.05, 4.69) is 5.32 Å². The van der Waals surface area contributed by atoms with Gasteiger partial charge in [-0.15, -0.1) is 0 Å². The van der Waals surface area contributed by atoms with Crippen molar-refractivity contribution in [2.75, 3.05) is 6.61 Å². The van der Waals surface area contributed by atoms with Crippen LogP contribution in [-0.4, -0.2) is 24.8 Å². The van der Waals surface area contributed by atoms with Crippen molar-refractivity contribution < 1.29 is 23.8 Å². The van der Waals surface area contributed by atoms with Crippen LogP contribution in [0.3, 0.4) is 0 Å². The normalized spacial score (nSPS) is 18.4. The number of alkyl carbamates (subject to hydrolysis) is 1. The van der Waals surface area contributed by atoms with E-state index in [4.69, 9.17) is 14.2 Å². The number of carbonyl (C=O) groups is 2. The molecule has 130 valence electrons. The van der Waals surface area contributed by atoms with E-state index in [0.717, 1.165) is 11.1 Å². The first-order valence-electron chi connectivity index (χ1n) is 7.99. The van der Waals surface area contributed by atoms with Gasteiger partial charge in [-0.05, 0) is 11.6 Å². The van der Waals surface area contributed by atoms with Crippen molar-refractivity contribution in [3.05, 3.63) is 65.7 Å². The lowest BCUT2D eigenvalue weighted by Gasteiger charge is -2.33. The fourth-order valence-corrected chi connectivity index (χ4v) is 2.72. The van der Waals surface area contributed by atoms with Gasteiger partial charge in [0, 0.05) is 12.5 Å². The highest BCUT2D eigenvalue weighted by Crippen LogP contribution is 2.33. The summed E-state index contributed by atoms with van der Waals surface area (Å²) in [6, 6.07) is 16.2. The highest BCUT2D eigenvalue weighted by atomic mass is 16.6. The number of para-hydroxylation sites is 1. The number of carbonyl (C=O) groups excluding carboxylic acids is 2. The van der Waals surface area contributed by atoms with Gasteiger partial charge < -0.3 is 19.5 Å². The highest BCUT2D eigenvalue weighted by molar-refractivity contribution is 5.69. The molecule has 1 aliphatic heterocycles. The molecule has 25 heavy (non-hydrogen) atoms. The summed E-state index contributed by atoms with van der Waals surface area (Å²) in [6.45, 7) is 1.65. The Labute approximate surface area is 145 Å². The second-order valence-electron chi connectivity index (χ2n) is 5.68. The fraction of sp³-hybridized carbons (Fsp3) is 0.263. The van der Waals surface area contributed by atoms with Crippen molar-refractivity contribution in [2.45, 2.75) is 25.7 Å². The van der Waals surface area contributed by atoms with Gasteiger partial charge in [0.15, 0.2) is 6.10 Å². The van der Waals surface area contributed by atoms with Crippen LogP contribution >= 0.6 is 0 Å². The number of benzene rings is 2. The van der Waals surface area contributed by atoms with Gasteiger partial charge in [0.05, 0.1) is 0 Å². The van der Waals surface area contributed by atoms with Gasteiger partial charge in [-0.3, -0.25) is 4.79 Å². The molecule has 0 bridgehead atoms. The Kier molecular flexibility index (Phi) is 5.18. The lowest BCUT2D eigenvalue weighted by atomic mass is 9.98. The summed E-state index contributed by atoms with van der Waals surface area (Å²) >= 11 is 0. The van der Waals surface area contributed by atoms with E-state index in [1.807, 2.05) is 54.6 Å². The van der Waals surface area contributed by atoms with Crippen LogP contribution in [0.25, 0.3) is 0 Å². The van der Waals surface area contributed by atoms with E-state index in [9.17, 15) is 9.59 Å². The van der Waals surface area contributed by atoms with Crippen molar-refractivity contribution in [1.29, 1.82) is 0 Å². The van der Waals surface area contributed by atoms with Crippen LogP contribution in [0.5, 0.6) is 5.75 Å². The van der Waals surface area contributed by atoms with Crippen LogP contribution in [0.15, 0.2) is 54.6 Å². The predicted molar refractivity (Wildman–Crippen MR) is 90.0 cm³/mol. The molecule has 0 spiro atoms. The Hall–Kier alpha value is -3.02. The zero-order valence-corrected chi connectivity index (χ0v) is 13.8. The van der Waals surface area contributed by atoms with E-state index >= 15 is 0 Å². The number of esters is 1. The van der Waals surface area contributed by atoms with Crippen LogP contribution in [0, 0.1) is 0 Å². The van der Waals surface area contributed by atoms with Gasteiger partial charge in [-0.25, -0.2) is 4.79 Å². The maximum absolute atomic E-state index is 12.2. The molecule has 1 aliphatic rings. The fourth-order valence-electron chi connectivity index (χ4n) is 2.72. The minimum Gasteiger partial charge on any atom is -0.489 e. The van der Waals surface area contributed by atoms with Crippen molar-refractivity contribution in [2.24, 2.45) is 0 Å². The summed E-state index contributed by atoms with van der Waals surface area (Å²) in [4.78, 5) is 23.6. The number of nitrogens with one attached hydrogen (secondary N) is 1. The predicted octanol–water partition coefficient (Wildman–Crippen LogP) is 2.98. The minimum absolute atomic E-state index is 0.162. The molecule has 0 aromatic heterocycles. The minimum atomic E-state index is -0.614. The third-order valence-corrected chi connectivity index (χ3v) is 3.83. The van der Waals surface area contributed by atoms with Gasteiger partial charge in [0.25, 0.3) is 0 Å². The molecular formula is C19H19NO5. The first-order chi connectivity index (χ1) is 12.1. The van der Waals surface area contributed by atoms with E-state index in [1.54, 1.807) is 0 Å². The molecule has 2 atom stereocenters. The third-order valence-electron chi connectivity index (χ3n) is 3.83. The lowest BCUT2D eigenvalue weighted by Crippen LogP contribution is -2.44. The average Bonchev–Trinajstić information content (AvgIpc) is 2.62. The molecule has 0 aliphatic carbocycles. The van der Waals surface area contributed by atoms with Crippen molar-refractivity contribution in [1.82, 2.24) is 5.32 Å². The Balaban J connectivity index is 1.70. The third kappa shape index (κ3) is 4.29. The van der Waals surface area contributed by atoms with Gasteiger partial charge in [0.1, 0.15) is 25.0 Å². The SMILES string of the molecule is CC(=O)O[C@H]1COc2ccccc2[C@H]1NC(=O)OCc1ccccc1. The number of hydrogen-bond donors (Lipinski definition) is 1. The second-order valence-corrected chi connectivity index (χ2v) is 5.68. The van der Waals surface area contributed by atoms with Gasteiger partial charge in [-0.2, -0.15) is 0 Å². The van der Waals surface area contributed by atoms with Gasteiger partial charge in [-0.1, -0.05) is 48.5 Å². The van der Waals surface area contributed by atoms with E-state index in [0.29, 0.717) is 5.75 Å². The summed E-state index contributed by atoms with van der Waals surface area (Å²) in [5.41, 5.74) is 1.64. The van der Waals surface area contributed by atoms with Gasteiger partial charge >= 0.3 is 12.1 Å². The van der Waals surface area contributed by atoms with Crippen LogP contribution in [0.1, 0.15) is 24.1 Å². The Morgan fingerprint density at radius 1 is 1.12 bits per heavy atom. The zero-order chi connectivity index (χ0) is 17.6. The molecule has 1 N–H and O–H groups in total. The summed E-state index contributed by atoms with van der Waals surface area (Å²) < 4.78 is 16.2. The number of ether oxygens (including phenoxy) is 3. The molecule has 6 nitrogen and oxygen atoms in total. The van der Waals surface area contributed by atoms with Crippen molar-refractivity contribution >= 4 is 12.1 Å². The van der Waals surface area contributed by atoms with Crippen molar-refractivity contribution in [3.8, 4) is 5.75 Å². The standard InChI is InChI=1S/C19H19NO5/c1-13(21)25-17-12-23-16-10-6-5-9-15(16)18(17)20-19(22)24-11-14-7-3-2-4-8-14/h2-10,17-18H,11-12H2,1H3,(H,20,22)/t17-,18+/m0/s1. The number of rotatable bonds is 4. The molecule has 1 amide bonds. The summed E-state index contributed by atoms with van der Waals surface area (Å²) in [6.07, 6.45) is -1.20. The van der Waals surface area contributed by atoms with Crippen LogP contribution in [0.4, 0.5) is 4.79 Å². The summed E-state index contributed by atoms with van der Waals surface area (Å²) in [5, 5.41) is 2.78. The Bertz CT molecular complexity index is 746. The second kappa shape index (κ2) is 7.70. The van der Waals surface area contributed by atoms with Crippen LogP contribution in [-0.2, 0) is 20.9 Å². The molecule has 2 aromatic carbocycles. The smallest absolute Gasteiger partial charge is 0.408 e. The van der Waals surface area contributed by atoms with Gasteiger partial charge in [0.2, 0.25) is 0 Å². The number of hydrogen-bond acceptors (Lipinski definition) is 5. The van der Waals surface area contributed by atoms with Crippen LogP contribution < -0.4 is 10.1 Å². The lowest BCUT2D eigenvalue weighted by molar-refractivity contribution is -0.150. The first kappa shape index (κ1) is 16.8. The number of amides is 1. The molecular weight excluding hydrogens is 322 g/mol. The van der Waals surface area contributed by atoms with Crippen LogP contribution in [0.2, 0.25) is 0 Å². The topological polar surface area (TPSA) is 73.9 Å². The largest absolute Gasteiger partial charge is 0.489 e. The molecule has 0 saturated carbocycles. The molecule has 1 heterocycles. The molecule has 0 fully saturated rings. The van der Waals surface area contributed by atoms with E-state index in [-0.39, 0.29) is 13.2 Å². The van der Waals surface area contributed by atoms with Crippen molar-refractivity contribution in [3.63, 3.8) is 0 Å². The first-order valence-corrected chi connectivity index (χ1v) is 7.99. The number of fused-ring (bicyclic) bond motifs is 1. The molecule has 0 saturated heterocycles. The maximum atomic E-state index is 12.2. The molecule has 0 radical (unpaired) electrons. The Morgan fingerprint density at radius 2 is 1.84 bits per heavy atom. The summed E-state index contributed by atoms with van der Waals surface area (Å²) in [7, 11) is 0. The molecule has 0 unspecified atom stereocenters. The maximum Gasteiger partial charge on any atom is 0.408 e. The Morgan fingerprint density at radius 3 is 2.60 bits per heavy atom. The average molecular weight is 341 g/mol. The molecule has 6 heteroatoms. The quantitative estimate of drug-likeness (QED) is 0.866. The monoisotopic (exact) mass is 341 g/mol.